The van der Waals surface area contributed by atoms with E-state index in [2.05, 4.69) is 123 Å². The highest BCUT2D eigenvalue weighted by Crippen LogP contribution is 2.43. The molecule has 0 aliphatic carbocycles. The predicted molar refractivity (Wildman–Crippen MR) is 335 cm³/mol. The molecule has 0 fully saturated rings. The van der Waals surface area contributed by atoms with E-state index in [0.29, 0.717) is 17.4 Å². The van der Waals surface area contributed by atoms with Crippen LogP contribution in [0.2, 0.25) is 0 Å². The van der Waals surface area contributed by atoms with Gasteiger partial charge in [0.25, 0.3) is 0 Å². The Morgan fingerprint density at radius 1 is 0.410 bits per heavy atom. The average Bonchev–Trinajstić information content (AvgIpc) is 3.41. The Balaban J connectivity index is 4.04. The molecule has 0 aliphatic heterocycles. The minimum atomic E-state index is -4.39. The van der Waals surface area contributed by atoms with Crippen LogP contribution in [0, 0.1) is 0 Å². The lowest BCUT2D eigenvalue weighted by Crippen LogP contribution is -2.37. The number of hydrogen-bond acceptors (Lipinski definition) is 7. The molecule has 0 heterocycles. The maximum Gasteiger partial charge on any atom is 0.472 e. The van der Waals surface area contributed by atoms with Gasteiger partial charge in [0.1, 0.15) is 19.8 Å². The summed E-state index contributed by atoms with van der Waals surface area (Å²) in [5.74, 6) is -0.807. The Bertz CT molecular complexity index is 1680. The summed E-state index contributed by atoms with van der Waals surface area (Å²) in [5.41, 5.74) is 0. The molecule has 0 aromatic carbocycles. The Kier molecular flexibility index (Phi) is 55.8. The van der Waals surface area contributed by atoms with Gasteiger partial charge >= 0.3 is 19.8 Å². The van der Waals surface area contributed by atoms with Gasteiger partial charge in [-0.15, -0.1) is 0 Å². The summed E-state index contributed by atoms with van der Waals surface area (Å²) >= 11 is 0. The van der Waals surface area contributed by atoms with Gasteiger partial charge in [-0.2, -0.15) is 0 Å². The van der Waals surface area contributed by atoms with Gasteiger partial charge in [0.05, 0.1) is 27.7 Å². The van der Waals surface area contributed by atoms with E-state index in [9.17, 15) is 19.0 Å². The number of allylic oxidation sites excluding steroid dienone is 18. The number of likely N-dealkylation sites (N-methyl/N-ethyl adjacent to an activating group) is 1. The number of rotatable bonds is 57. The van der Waals surface area contributed by atoms with Crippen molar-refractivity contribution in [3.05, 3.63) is 109 Å². The monoisotopic (exact) mass is 1110 g/mol. The Morgan fingerprint density at radius 3 is 1.10 bits per heavy atom. The Hall–Kier alpha value is -3.33. The van der Waals surface area contributed by atoms with E-state index in [1.807, 2.05) is 21.1 Å². The number of unbranched alkanes of at least 4 members (excludes halogenated alkanes) is 25. The van der Waals surface area contributed by atoms with Gasteiger partial charge in [-0.25, -0.2) is 4.57 Å². The van der Waals surface area contributed by atoms with Crippen molar-refractivity contribution < 1.29 is 42.1 Å². The summed E-state index contributed by atoms with van der Waals surface area (Å²) in [7, 11) is 1.47. The van der Waals surface area contributed by atoms with Crippen LogP contribution >= 0.6 is 7.82 Å². The van der Waals surface area contributed by atoms with Gasteiger partial charge in [-0.1, -0.05) is 252 Å². The number of phosphoric ester groups is 1. The van der Waals surface area contributed by atoms with Gasteiger partial charge < -0.3 is 18.9 Å². The molecule has 2 atom stereocenters. The maximum absolute atomic E-state index is 12.8. The fourth-order valence-electron chi connectivity index (χ4n) is 8.44. The van der Waals surface area contributed by atoms with Gasteiger partial charge in [-0.05, 0) is 103 Å². The summed E-state index contributed by atoms with van der Waals surface area (Å²) in [6.45, 7) is 4.31. The number of carbonyl (C=O) groups is 2. The summed E-state index contributed by atoms with van der Waals surface area (Å²) < 4.78 is 34.6. The quantitative estimate of drug-likeness (QED) is 0.0211. The van der Waals surface area contributed by atoms with Crippen molar-refractivity contribution in [3.8, 4) is 0 Å². The van der Waals surface area contributed by atoms with E-state index in [1.165, 1.54) is 116 Å². The highest BCUT2D eigenvalue weighted by Gasteiger charge is 2.27. The van der Waals surface area contributed by atoms with Crippen LogP contribution in [0.5, 0.6) is 0 Å². The highest BCUT2D eigenvalue weighted by molar-refractivity contribution is 7.47. The Morgan fingerprint density at radius 2 is 0.731 bits per heavy atom. The molecule has 0 radical (unpaired) electrons. The van der Waals surface area contributed by atoms with Gasteiger partial charge in [0.2, 0.25) is 0 Å². The number of quaternary nitrogens is 1. The molecule has 0 aliphatic rings. The van der Waals surface area contributed by atoms with Crippen molar-refractivity contribution >= 4 is 19.8 Å². The van der Waals surface area contributed by atoms with Gasteiger partial charge in [0.15, 0.2) is 6.10 Å². The third-order valence-electron chi connectivity index (χ3n) is 13.3. The summed E-state index contributed by atoms with van der Waals surface area (Å²) in [4.78, 5) is 35.7. The average molecular weight is 1110 g/mol. The normalized spacial score (nSPS) is 14.0. The molecule has 9 nitrogen and oxygen atoms in total. The highest BCUT2D eigenvalue weighted by atomic mass is 31.2. The topological polar surface area (TPSA) is 108 Å². The van der Waals surface area contributed by atoms with Crippen molar-refractivity contribution in [1.82, 2.24) is 0 Å². The van der Waals surface area contributed by atoms with Crippen LogP contribution in [-0.2, 0) is 32.7 Å². The van der Waals surface area contributed by atoms with Crippen molar-refractivity contribution in [2.45, 2.75) is 264 Å². The molecule has 0 amide bonds. The SMILES string of the molecule is CC/C=C\C/C=C\C/C=C\C/C=C\C/C=C\C/C=C\C/C=C\C/C=C\CCCCCCCCCCCCCCCCC(=O)OC(COC(=O)CCCCCCC/C=C\CCCCCCCC)COP(=O)(O)OCC[N+](C)(C)C. The molecule has 0 aromatic rings. The molecular formula is C68H119NO8P+. The molecule has 0 bridgehead atoms. The smallest absolute Gasteiger partial charge is 0.462 e. The number of ether oxygens (including phenoxy) is 2. The second kappa shape index (κ2) is 58.3. The molecule has 1 N–H and O–H groups in total. The third kappa shape index (κ3) is 61.9. The van der Waals surface area contributed by atoms with Crippen molar-refractivity contribution in [3.63, 3.8) is 0 Å². The minimum absolute atomic E-state index is 0.0273. The number of phosphoric acid groups is 1. The molecule has 0 saturated heterocycles. The molecule has 0 saturated carbocycles. The van der Waals surface area contributed by atoms with E-state index < -0.39 is 26.5 Å². The van der Waals surface area contributed by atoms with Crippen LogP contribution in [0.3, 0.4) is 0 Å². The maximum atomic E-state index is 12.8. The first-order chi connectivity index (χ1) is 38.0. The predicted octanol–water partition coefficient (Wildman–Crippen LogP) is 20.2. The van der Waals surface area contributed by atoms with E-state index in [0.717, 1.165) is 109 Å². The minimum Gasteiger partial charge on any atom is -0.462 e. The lowest BCUT2D eigenvalue weighted by Gasteiger charge is -2.24. The lowest BCUT2D eigenvalue weighted by atomic mass is 10.0. The first-order valence-electron chi connectivity index (χ1n) is 31.6. The summed E-state index contributed by atoms with van der Waals surface area (Å²) in [5, 5.41) is 0. The number of hydrogen-bond donors (Lipinski definition) is 1. The first-order valence-corrected chi connectivity index (χ1v) is 33.1. The molecule has 78 heavy (non-hydrogen) atoms. The van der Waals surface area contributed by atoms with Crippen LogP contribution in [-0.4, -0.2) is 74.9 Å². The van der Waals surface area contributed by atoms with Crippen molar-refractivity contribution in [2.75, 3.05) is 47.5 Å². The van der Waals surface area contributed by atoms with E-state index >= 15 is 0 Å². The number of esters is 2. The molecule has 0 aromatic heterocycles. The van der Waals surface area contributed by atoms with Gasteiger partial charge in [0, 0.05) is 12.8 Å². The van der Waals surface area contributed by atoms with Crippen LogP contribution < -0.4 is 0 Å². The zero-order chi connectivity index (χ0) is 57.0. The molecule has 10 heteroatoms. The molecule has 448 valence electrons. The van der Waals surface area contributed by atoms with Crippen molar-refractivity contribution in [2.24, 2.45) is 0 Å². The first kappa shape index (κ1) is 74.7. The number of carbonyl (C=O) groups excluding carboxylic acids is 2. The lowest BCUT2D eigenvalue weighted by molar-refractivity contribution is -0.870. The molecule has 0 spiro atoms. The third-order valence-corrected chi connectivity index (χ3v) is 14.3. The van der Waals surface area contributed by atoms with Crippen LogP contribution in [0.4, 0.5) is 0 Å². The Labute approximate surface area is 480 Å². The standard InChI is InChI=1S/C68H118NO8P/c1-6-8-10-12-14-16-18-20-22-23-24-25-26-27-28-29-30-31-32-33-34-35-36-37-38-39-40-41-42-43-44-45-47-49-51-53-55-57-59-61-68(71)77-66(65-76-78(72,73)75-63-62-69(3,4)5)64-74-67(70)60-58-56-54-52-50-48-46-21-19-17-15-13-11-9-7-2/h8,10,14,16,20-22,24-25,27-28,30-31,33-34,36-37,46,66H,6-7,9,11-13,15,17-19,23,26,29,32,35,38-45,47-65H2,1-5H3/p+1/b10-8-,16-14-,22-20-,25-24-,28-27-,31-30-,34-33-,37-36-,46-21-. The largest absolute Gasteiger partial charge is 0.472 e. The second-order valence-corrected chi connectivity index (χ2v) is 23.5. The fourth-order valence-corrected chi connectivity index (χ4v) is 9.18. The molecule has 0 rings (SSSR count). The summed E-state index contributed by atoms with van der Waals surface area (Å²) in [6, 6.07) is 0. The van der Waals surface area contributed by atoms with Crippen LogP contribution in [0.15, 0.2) is 109 Å². The zero-order valence-corrected chi connectivity index (χ0v) is 51.8. The van der Waals surface area contributed by atoms with E-state index in [1.54, 1.807) is 0 Å². The molecule has 2 unspecified atom stereocenters. The summed E-state index contributed by atoms with van der Waals surface area (Å²) in [6.07, 6.45) is 81.8. The second-order valence-electron chi connectivity index (χ2n) is 22.1. The van der Waals surface area contributed by atoms with Gasteiger partial charge in [-0.3, -0.25) is 18.6 Å². The van der Waals surface area contributed by atoms with Crippen LogP contribution in [0.1, 0.15) is 258 Å². The fraction of sp³-hybridized carbons (Fsp3) is 0.706. The van der Waals surface area contributed by atoms with E-state index in [4.69, 9.17) is 18.5 Å². The van der Waals surface area contributed by atoms with Crippen molar-refractivity contribution in [1.29, 1.82) is 0 Å². The number of nitrogens with zero attached hydrogens (tertiary/aromatic N) is 1. The molecular weight excluding hydrogens is 990 g/mol. The van der Waals surface area contributed by atoms with Crippen LogP contribution in [0.25, 0.3) is 0 Å². The zero-order valence-electron chi connectivity index (χ0n) is 50.9. The van der Waals surface area contributed by atoms with E-state index in [-0.39, 0.29) is 32.0 Å².